The summed E-state index contributed by atoms with van der Waals surface area (Å²) >= 11 is 0. The van der Waals surface area contributed by atoms with Gasteiger partial charge >= 0.3 is 0 Å². The second-order valence-electron chi connectivity index (χ2n) is 4.55. The number of benzene rings is 1. The first-order valence-electron chi connectivity index (χ1n) is 6.06. The number of methoxy groups -OCH3 is 1. The van der Waals surface area contributed by atoms with E-state index >= 15 is 0 Å². The van der Waals surface area contributed by atoms with E-state index in [0.29, 0.717) is 12.5 Å². The SMILES string of the molecule is CNC(COCC(C)C)c1ccc(OC)cc1. The molecule has 0 amide bonds. The summed E-state index contributed by atoms with van der Waals surface area (Å²) in [4.78, 5) is 0. The smallest absolute Gasteiger partial charge is 0.118 e. The van der Waals surface area contributed by atoms with Gasteiger partial charge in [0.2, 0.25) is 0 Å². The van der Waals surface area contributed by atoms with E-state index in [0.717, 1.165) is 12.4 Å². The van der Waals surface area contributed by atoms with Crippen LogP contribution in [0.5, 0.6) is 5.75 Å². The second-order valence-corrected chi connectivity index (χ2v) is 4.55. The quantitative estimate of drug-likeness (QED) is 0.790. The minimum atomic E-state index is 0.236. The first kappa shape index (κ1) is 14.0. The lowest BCUT2D eigenvalue weighted by Gasteiger charge is -2.18. The molecule has 17 heavy (non-hydrogen) atoms. The van der Waals surface area contributed by atoms with Crippen molar-refractivity contribution in [2.75, 3.05) is 27.4 Å². The van der Waals surface area contributed by atoms with Crippen LogP contribution in [0.25, 0.3) is 0 Å². The van der Waals surface area contributed by atoms with Crippen molar-refractivity contribution in [3.05, 3.63) is 29.8 Å². The molecule has 1 aromatic carbocycles. The summed E-state index contributed by atoms with van der Waals surface area (Å²) in [5.74, 6) is 1.45. The average Bonchev–Trinajstić information content (AvgIpc) is 2.34. The Labute approximate surface area is 104 Å². The predicted molar refractivity (Wildman–Crippen MR) is 70.5 cm³/mol. The minimum absolute atomic E-state index is 0.236. The van der Waals surface area contributed by atoms with Crippen molar-refractivity contribution < 1.29 is 9.47 Å². The van der Waals surface area contributed by atoms with Crippen molar-refractivity contribution in [1.82, 2.24) is 5.32 Å². The van der Waals surface area contributed by atoms with E-state index in [9.17, 15) is 0 Å². The molecule has 0 saturated heterocycles. The van der Waals surface area contributed by atoms with Gasteiger partial charge < -0.3 is 14.8 Å². The predicted octanol–water partition coefficient (Wildman–Crippen LogP) is 2.63. The van der Waals surface area contributed by atoms with E-state index < -0.39 is 0 Å². The van der Waals surface area contributed by atoms with Gasteiger partial charge in [-0.1, -0.05) is 26.0 Å². The van der Waals surface area contributed by atoms with Gasteiger partial charge in [0.25, 0.3) is 0 Å². The van der Waals surface area contributed by atoms with Gasteiger partial charge in [0.05, 0.1) is 19.8 Å². The average molecular weight is 237 g/mol. The Balaban J connectivity index is 2.53. The Kier molecular flexibility index (Phi) is 6.01. The fraction of sp³-hybridized carbons (Fsp3) is 0.571. The van der Waals surface area contributed by atoms with Gasteiger partial charge in [-0.2, -0.15) is 0 Å². The molecular formula is C14H23NO2. The lowest BCUT2D eigenvalue weighted by atomic mass is 10.1. The third-order valence-electron chi connectivity index (χ3n) is 2.60. The van der Waals surface area contributed by atoms with E-state index in [4.69, 9.17) is 9.47 Å². The number of hydrogen-bond donors (Lipinski definition) is 1. The molecule has 0 spiro atoms. The van der Waals surface area contributed by atoms with Gasteiger partial charge in [-0.05, 0) is 30.7 Å². The molecule has 1 aromatic rings. The standard InChI is InChI=1S/C14H23NO2/c1-11(2)9-17-10-14(15-3)12-5-7-13(16-4)8-6-12/h5-8,11,14-15H,9-10H2,1-4H3. The van der Waals surface area contributed by atoms with Crippen LogP contribution in [0.15, 0.2) is 24.3 Å². The molecule has 0 bridgehead atoms. The summed E-state index contributed by atoms with van der Waals surface area (Å²) < 4.78 is 10.8. The van der Waals surface area contributed by atoms with Crippen molar-refractivity contribution in [2.24, 2.45) is 5.92 Å². The van der Waals surface area contributed by atoms with Gasteiger partial charge in [0.1, 0.15) is 5.75 Å². The Morgan fingerprint density at radius 2 is 1.76 bits per heavy atom. The highest BCUT2D eigenvalue weighted by molar-refractivity contribution is 5.29. The number of hydrogen-bond acceptors (Lipinski definition) is 3. The molecule has 3 nitrogen and oxygen atoms in total. The Bertz CT molecular complexity index is 309. The zero-order valence-corrected chi connectivity index (χ0v) is 11.2. The van der Waals surface area contributed by atoms with Crippen molar-refractivity contribution in [3.63, 3.8) is 0 Å². The Hall–Kier alpha value is -1.06. The topological polar surface area (TPSA) is 30.5 Å². The minimum Gasteiger partial charge on any atom is -0.497 e. The third kappa shape index (κ3) is 4.75. The Morgan fingerprint density at radius 3 is 2.24 bits per heavy atom. The number of nitrogens with one attached hydrogen (secondary N) is 1. The molecule has 0 fully saturated rings. The lowest BCUT2D eigenvalue weighted by Crippen LogP contribution is -2.22. The maximum Gasteiger partial charge on any atom is 0.118 e. The molecule has 0 heterocycles. The zero-order valence-electron chi connectivity index (χ0n) is 11.2. The number of ether oxygens (including phenoxy) is 2. The molecule has 96 valence electrons. The zero-order chi connectivity index (χ0) is 12.7. The number of likely N-dealkylation sites (N-methyl/N-ethyl adjacent to an activating group) is 1. The molecule has 1 unspecified atom stereocenters. The highest BCUT2D eigenvalue weighted by atomic mass is 16.5. The summed E-state index contributed by atoms with van der Waals surface area (Å²) in [6, 6.07) is 8.32. The summed E-state index contributed by atoms with van der Waals surface area (Å²) in [7, 11) is 3.63. The van der Waals surface area contributed by atoms with E-state index in [2.05, 4.69) is 31.3 Å². The molecule has 0 saturated carbocycles. The fourth-order valence-electron chi connectivity index (χ4n) is 1.60. The van der Waals surface area contributed by atoms with E-state index in [1.807, 2.05) is 19.2 Å². The molecule has 0 radical (unpaired) electrons. The molecule has 0 aromatic heterocycles. The first-order chi connectivity index (χ1) is 8.17. The summed E-state index contributed by atoms with van der Waals surface area (Å²) in [6.07, 6.45) is 0. The lowest BCUT2D eigenvalue weighted by molar-refractivity contribution is 0.0919. The molecule has 0 aliphatic heterocycles. The van der Waals surface area contributed by atoms with Crippen molar-refractivity contribution >= 4 is 0 Å². The molecule has 0 aliphatic rings. The summed E-state index contributed by atoms with van der Waals surface area (Å²) in [5, 5.41) is 3.26. The highest BCUT2D eigenvalue weighted by Gasteiger charge is 2.09. The van der Waals surface area contributed by atoms with Crippen LogP contribution >= 0.6 is 0 Å². The highest BCUT2D eigenvalue weighted by Crippen LogP contribution is 2.17. The van der Waals surface area contributed by atoms with E-state index in [1.54, 1.807) is 7.11 Å². The van der Waals surface area contributed by atoms with Gasteiger partial charge in [-0.15, -0.1) is 0 Å². The number of rotatable bonds is 7. The van der Waals surface area contributed by atoms with Gasteiger partial charge in [-0.3, -0.25) is 0 Å². The third-order valence-corrected chi connectivity index (χ3v) is 2.60. The molecule has 1 atom stereocenters. The molecular weight excluding hydrogens is 214 g/mol. The van der Waals surface area contributed by atoms with E-state index in [-0.39, 0.29) is 6.04 Å². The second kappa shape index (κ2) is 7.30. The normalized spacial score (nSPS) is 12.8. The van der Waals surface area contributed by atoms with Crippen molar-refractivity contribution in [2.45, 2.75) is 19.9 Å². The largest absolute Gasteiger partial charge is 0.497 e. The van der Waals surface area contributed by atoms with Crippen LogP contribution in [-0.4, -0.2) is 27.4 Å². The van der Waals surface area contributed by atoms with Crippen LogP contribution in [0.2, 0.25) is 0 Å². The van der Waals surface area contributed by atoms with Crippen LogP contribution < -0.4 is 10.1 Å². The van der Waals surface area contributed by atoms with E-state index in [1.165, 1.54) is 5.56 Å². The summed E-state index contributed by atoms with van der Waals surface area (Å²) in [5.41, 5.74) is 1.22. The fourth-order valence-corrected chi connectivity index (χ4v) is 1.60. The summed E-state index contributed by atoms with van der Waals surface area (Å²) in [6.45, 7) is 5.80. The monoisotopic (exact) mass is 237 g/mol. The molecule has 0 aliphatic carbocycles. The molecule has 1 rings (SSSR count). The van der Waals surface area contributed by atoms with Gasteiger partial charge in [0, 0.05) is 6.61 Å². The van der Waals surface area contributed by atoms with Crippen LogP contribution in [0.1, 0.15) is 25.5 Å². The van der Waals surface area contributed by atoms with Crippen molar-refractivity contribution in [1.29, 1.82) is 0 Å². The Morgan fingerprint density at radius 1 is 1.12 bits per heavy atom. The molecule has 1 N–H and O–H groups in total. The van der Waals surface area contributed by atoms with Gasteiger partial charge in [0.15, 0.2) is 0 Å². The van der Waals surface area contributed by atoms with Crippen LogP contribution in [-0.2, 0) is 4.74 Å². The van der Waals surface area contributed by atoms with Crippen LogP contribution in [0, 0.1) is 5.92 Å². The molecule has 3 heteroatoms. The maximum absolute atomic E-state index is 5.67. The first-order valence-corrected chi connectivity index (χ1v) is 6.06. The van der Waals surface area contributed by atoms with Crippen LogP contribution in [0.4, 0.5) is 0 Å². The van der Waals surface area contributed by atoms with Crippen LogP contribution in [0.3, 0.4) is 0 Å². The maximum atomic E-state index is 5.67. The van der Waals surface area contributed by atoms with Crippen molar-refractivity contribution in [3.8, 4) is 5.75 Å². The van der Waals surface area contributed by atoms with Gasteiger partial charge in [-0.25, -0.2) is 0 Å².